The van der Waals surface area contributed by atoms with Gasteiger partial charge in [0.1, 0.15) is 0 Å². The van der Waals surface area contributed by atoms with Crippen molar-refractivity contribution >= 4 is 77.5 Å². The molecule has 0 saturated carbocycles. The Morgan fingerprint density at radius 1 is 0.500 bits per heavy atom. The molecule has 0 saturated heterocycles. The Morgan fingerprint density at radius 2 is 1.19 bits per heavy atom. The van der Waals surface area contributed by atoms with Gasteiger partial charge >= 0.3 is 0 Å². The average Bonchev–Trinajstić information content (AvgIpc) is 3.54. The van der Waals surface area contributed by atoms with Crippen LogP contribution in [0.3, 0.4) is 0 Å². The normalized spacial score (nSPS) is 15.2. The number of hydrogen-bond acceptors (Lipinski definition) is 2. The molecule has 0 amide bonds. The maximum Gasteiger partial charge on any atom is 0.0551 e. The van der Waals surface area contributed by atoms with E-state index in [1.54, 1.807) is 0 Å². The molecular weight excluding hydrogens is 599 g/mol. The Labute approximate surface area is 284 Å². The fourth-order valence-electron chi connectivity index (χ4n) is 7.89. The van der Waals surface area contributed by atoms with E-state index in [1.165, 1.54) is 75.9 Å². The summed E-state index contributed by atoms with van der Waals surface area (Å²) in [6.45, 7) is 0. The standard InChI is InChI=1S/C46H31NS/c1-2-12-33(13-3-1)47(43-18-8-11-32-23-27-42-41-15-6-7-19-44(41)48-46(42)45(32)43)34-24-20-31(21-25-34)36-16-9-17-37-38(36)28-29-39-35-14-5-4-10-30(35)22-26-40(37)39/h1-18,20-29,44H,19H2. The van der Waals surface area contributed by atoms with Gasteiger partial charge < -0.3 is 4.90 Å². The van der Waals surface area contributed by atoms with Gasteiger partial charge in [-0.2, -0.15) is 0 Å². The number of allylic oxidation sites excluding steroid dienone is 3. The van der Waals surface area contributed by atoms with Crippen molar-refractivity contribution in [1.29, 1.82) is 0 Å². The predicted molar refractivity (Wildman–Crippen MR) is 208 cm³/mol. The molecule has 48 heavy (non-hydrogen) atoms. The van der Waals surface area contributed by atoms with Gasteiger partial charge in [0.25, 0.3) is 0 Å². The van der Waals surface area contributed by atoms with Gasteiger partial charge in [0, 0.05) is 26.9 Å². The first-order valence-corrected chi connectivity index (χ1v) is 17.6. The SMILES string of the molecule is C1=CCC2Sc3c(ccc4cccc(N(c5ccccc5)c5ccc(-c6cccc7c6ccc6c8ccccc8ccc76)cc5)c34)C2=C1. The van der Waals surface area contributed by atoms with Crippen LogP contribution in [0.2, 0.25) is 0 Å². The highest BCUT2D eigenvalue weighted by Gasteiger charge is 2.31. The molecular formula is C46H31NS. The number of rotatable bonds is 4. The lowest BCUT2D eigenvalue weighted by atomic mass is 9.92. The number of fused-ring (bicyclic) bond motifs is 10. The van der Waals surface area contributed by atoms with Crippen molar-refractivity contribution in [3.05, 3.63) is 175 Å². The molecule has 0 bridgehead atoms. The van der Waals surface area contributed by atoms with Gasteiger partial charge in [-0.15, -0.1) is 11.8 Å². The lowest BCUT2D eigenvalue weighted by molar-refractivity contribution is 1.09. The highest BCUT2D eigenvalue weighted by molar-refractivity contribution is 8.01. The third-order valence-corrected chi connectivity index (χ3v) is 11.5. The highest BCUT2D eigenvalue weighted by atomic mass is 32.2. The Morgan fingerprint density at radius 3 is 2.10 bits per heavy atom. The summed E-state index contributed by atoms with van der Waals surface area (Å²) in [6.07, 6.45) is 7.91. The Hall–Kier alpha value is -5.57. The summed E-state index contributed by atoms with van der Waals surface area (Å²) in [4.78, 5) is 3.83. The van der Waals surface area contributed by atoms with Crippen molar-refractivity contribution in [2.24, 2.45) is 0 Å². The second-order valence-corrected chi connectivity index (χ2v) is 14.0. The largest absolute Gasteiger partial charge is 0.310 e. The zero-order valence-electron chi connectivity index (χ0n) is 26.3. The van der Waals surface area contributed by atoms with E-state index in [9.17, 15) is 0 Å². The van der Waals surface area contributed by atoms with E-state index in [1.807, 2.05) is 11.8 Å². The molecule has 1 unspecified atom stereocenters. The Balaban J connectivity index is 1.12. The fourth-order valence-corrected chi connectivity index (χ4v) is 9.37. The van der Waals surface area contributed by atoms with Crippen molar-refractivity contribution in [2.45, 2.75) is 16.6 Å². The molecule has 1 nitrogen and oxygen atoms in total. The first-order valence-electron chi connectivity index (χ1n) is 16.7. The number of nitrogens with zero attached hydrogens (tertiary/aromatic N) is 1. The van der Waals surface area contributed by atoms with Crippen LogP contribution in [-0.2, 0) is 0 Å². The highest BCUT2D eigenvalue weighted by Crippen LogP contribution is 2.53. The third kappa shape index (κ3) is 4.26. The van der Waals surface area contributed by atoms with Crippen molar-refractivity contribution < 1.29 is 0 Å². The van der Waals surface area contributed by atoms with E-state index >= 15 is 0 Å². The van der Waals surface area contributed by atoms with Gasteiger partial charge in [-0.1, -0.05) is 140 Å². The second kappa shape index (κ2) is 11.0. The molecule has 1 heterocycles. The number of thioether (sulfide) groups is 1. The van der Waals surface area contributed by atoms with E-state index in [-0.39, 0.29) is 0 Å². The predicted octanol–water partition coefficient (Wildman–Crippen LogP) is 13.3. The average molecular weight is 630 g/mol. The molecule has 0 radical (unpaired) electrons. The Bertz CT molecular complexity index is 2610. The first kappa shape index (κ1) is 27.5. The van der Waals surface area contributed by atoms with Gasteiger partial charge in [-0.25, -0.2) is 0 Å². The first-order chi connectivity index (χ1) is 23.8. The van der Waals surface area contributed by atoms with E-state index in [4.69, 9.17) is 0 Å². The molecule has 1 aliphatic carbocycles. The minimum atomic E-state index is 0.490. The van der Waals surface area contributed by atoms with E-state index in [2.05, 4.69) is 175 Å². The van der Waals surface area contributed by atoms with Gasteiger partial charge in [0.05, 0.1) is 5.69 Å². The molecule has 0 N–H and O–H groups in total. The van der Waals surface area contributed by atoms with Gasteiger partial charge in [-0.05, 0) is 96.7 Å². The lowest BCUT2D eigenvalue weighted by Gasteiger charge is -2.28. The van der Waals surface area contributed by atoms with Gasteiger partial charge in [0.15, 0.2) is 0 Å². The van der Waals surface area contributed by atoms with Crippen LogP contribution in [0.4, 0.5) is 17.1 Å². The maximum atomic E-state index is 2.43. The summed E-state index contributed by atoms with van der Waals surface area (Å²) >= 11 is 2.03. The molecule has 8 aromatic rings. The van der Waals surface area contributed by atoms with Gasteiger partial charge in [-0.3, -0.25) is 0 Å². The van der Waals surface area contributed by atoms with Crippen molar-refractivity contribution in [3.63, 3.8) is 0 Å². The summed E-state index contributed by atoms with van der Waals surface area (Å²) in [7, 11) is 0. The maximum absolute atomic E-state index is 2.43. The van der Waals surface area contributed by atoms with Crippen LogP contribution in [0.25, 0.3) is 59.8 Å². The lowest BCUT2D eigenvalue weighted by Crippen LogP contribution is -2.10. The number of hydrogen-bond donors (Lipinski definition) is 0. The summed E-state index contributed by atoms with van der Waals surface area (Å²) in [5.41, 5.74) is 8.83. The number of anilines is 3. The molecule has 8 aromatic carbocycles. The number of benzene rings is 8. The van der Waals surface area contributed by atoms with E-state index < -0.39 is 0 Å². The van der Waals surface area contributed by atoms with Crippen LogP contribution in [-0.4, -0.2) is 5.25 Å². The van der Waals surface area contributed by atoms with Crippen molar-refractivity contribution in [2.75, 3.05) is 4.90 Å². The van der Waals surface area contributed by atoms with Crippen molar-refractivity contribution in [3.8, 4) is 11.1 Å². The third-order valence-electron chi connectivity index (χ3n) is 10.1. The molecule has 1 atom stereocenters. The zero-order chi connectivity index (χ0) is 31.6. The van der Waals surface area contributed by atoms with Crippen LogP contribution in [0.5, 0.6) is 0 Å². The smallest absolute Gasteiger partial charge is 0.0551 e. The van der Waals surface area contributed by atoms with Crippen LogP contribution in [0, 0.1) is 0 Å². The van der Waals surface area contributed by atoms with Crippen LogP contribution in [0.15, 0.2) is 175 Å². The summed E-state index contributed by atoms with van der Waals surface area (Å²) in [5, 5.41) is 10.9. The molecule has 1 aliphatic heterocycles. The summed E-state index contributed by atoms with van der Waals surface area (Å²) < 4.78 is 0. The minimum Gasteiger partial charge on any atom is -0.310 e. The molecule has 2 heteroatoms. The van der Waals surface area contributed by atoms with E-state index in [0.29, 0.717) is 5.25 Å². The van der Waals surface area contributed by atoms with E-state index in [0.717, 1.165) is 17.8 Å². The summed E-state index contributed by atoms with van der Waals surface area (Å²) in [6, 6.07) is 55.9. The minimum absolute atomic E-state index is 0.490. The van der Waals surface area contributed by atoms with Crippen molar-refractivity contribution in [1.82, 2.24) is 0 Å². The monoisotopic (exact) mass is 629 g/mol. The van der Waals surface area contributed by atoms with Crippen LogP contribution >= 0.6 is 11.8 Å². The molecule has 0 fully saturated rings. The second-order valence-electron chi connectivity index (χ2n) is 12.8. The molecule has 2 aliphatic rings. The van der Waals surface area contributed by atoms with Crippen LogP contribution in [0.1, 0.15) is 12.0 Å². The molecule has 0 spiro atoms. The fraction of sp³-hybridized carbons (Fsp3) is 0.0435. The zero-order valence-corrected chi connectivity index (χ0v) is 27.1. The topological polar surface area (TPSA) is 3.24 Å². The summed E-state index contributed by atoms with van der Waals surface area (Å²) in [5.74, 6) is 0. The number of para-hydroxylation sites is 1. The Kier molecular flexibility index (Phi) is 6.32. The molecule has 0 aromatic heterocycles. The van der Waals surface area contributed by atoms with Gasteiger partial charge in [0.2, 0.25) is 0 Å². The molecule has 10 rings (SSSR count). The molecule has 226 valence electrons. The van der Waals surface area contributed by atoms with Crippen LogP contribution < -0.4 is 4.90 Å². The quantitative estimate of drug-likeness (QED) is 0.178.